The third-order valence-electron chi connectivity index (χ3n) is 2.14. The van der Waals surface area contributed by atoms with Crippen LogP contribution in [-0.4, -0.2) is 11.5 Å². The maximum atomic E-state index is 11.2. The second-order valence-corrected chi connectivity index (χ2v) is 4.72. The van der Waals surface area contributed by atoms with E-state index in [0.717, 1.165) is 31.4 Å². The Morgan fingerprint density at radius 3 is 2.60 bits per heavy atom. The third kappa shape index (κ3) is 5.63. The number of benzene rings is 1. The summed E-state index contributed by atoms with van der Waals surface area (Å²) < 4.78 is 0. The fourth-order valence-electron chi connectivity index (χ4n) is 1.38. The first-order valence-corrected chi connectivity index (χ1v) is 6.51. The van der Waals surface area contributed by atoms with Gasteiger partial charge in [0.15, 0.2) is 0 Å². The summed E-state index contributed by atoms with van der Waals surface area (Å²) >= 11 is 1.83. The van der Waals surface area contributed by atoms with E-state index >= 15 is 0 Å². The molecule has 0 aliphatic rings. The fourth-order valence-corrected chi connectivity index (χ4v) is 2.25. The summed E-state index contributed by atoms with van der Waals surface area (Å²) in [5.74, 6) is 1.45. The van der Waals surface area contributed by atoms with Gasteiger partial charge in [0, 0.05) is 17.7 Å². The van der Waals surface area contributed by atoms with Gasteiger partial charge in [-0.3, -0.25) is 4.79 Å². The fraction of sp³-hybridized carbons (Fsp3) is 0.462. The van der Waals surface area contributed by atoms with E-state index < -0.39 is 0 Å². The molecule has 0 fully saturated rings. The van der Waals surface area contributed by atoms with Gasteiger partial charge in [-0.1, -0.05) is 25.1 Å². The van der Waals surface area contributed by atoms with Crippen molar-refractivity contribution in [2.45, 2.75) is 37.5 Å². The molecule has 1 aromatic carbocycles. The number of thioether (sulfide) groups is 1. The zero-order valence-electron chi connectivity index (χ0n) is 9.24. The normalized spacial score (nSPS) is 10.2. The SMILES string of the molecule is CCCC(=O)CCCSc1ccccc1. The van der Waals surface area contributed by atoms with Crippen molar-refractivity contribution in [3.05, 3.63) is 30.3 Å². The van der Waals surface area contributed by atoms with Crippen LogP contribution in [-0.2, 0) is 4.79 Å². The predicted molar refractivity (Wildman–Crippen MR) is 66.3 cm³/mol. The smallest absolute Gasteiger partial charge is 0.132 e. The molecule has 1 nitrogen and oxygen atoms in total. The van der Waals surface area contributed by atoms with Gasteiger partial charge in [-0.25, -0.2) is 0 Å². The van der Waals surface area contributed by atoms with Crippen LogP contribution in [0.5, 0.6) is 0 Å². The average Bonchev–Trinajstić information content (AvgIpc) is 2.26. The first-order valence-electron chi connectivity index (χ1n) is 5.52. The van der Waals surface area contributed by atoms with Gasteiger partial charge in [0.05, 0.1) is 0 Å². The Morgan fingerprint density at radius 2 is 1.93 bits per heavy atom. The lowest BCUT2D eigenvalue weighted by molar-refractivity contribution is -0.119. The minimum absolute atomic E-state index is 0.408. The maximum Gasteiger partial charge on any atom is 0.132 e. The third-order valence-corrected chi connectivity index (χ3v) is 3.24. The first-order chi connectivity index (χ1) is 7.33. The molecule has 82 valence electrons. The van der Waals surface area contributed by atoms with E-state index in [-0.39, 0.29) is 0 Å². The molecule has 0 N–H and O–H groups in total. The van der Waals surface area contributed by atoms with Crippen molar-refractivity contribution in [1.82, 2.24) is 0 Å². The van der Waals surface area contributed by atoms with Crippen LogP contribution in [0.25, 0.3) is 0 Å². The lowest BCUT2D eigenvalue weighted by Gasteiger charge is -2.00. The monoisotopic (exact) mass is 222 g/mol. The van der Waals surface area contributed by atoms with Gasteiger partial charge in [-0.05, 0) is 30.7 Å². The lowest BCUT2D eigenvalue weighted by atomic mass is 10.1. The van der Waals surface area contributed by atoms with Gasteiger partial charge in [0.1, 0.15) is 5.78 Å². The highest BCUT2D eigenvalue weighted by molar-refractivity contribution is 7.99. The van der Waals surface area contributed by atoms with Crippen LogP contribution in [0, 0.1) is 0 Å². The zero-order valence-corrected chi connectivity index (χ0v) is 10.1. The molecular weight excluding hydrogens is 204 g/mol. The molecule has 0 atom stereocenters. The highest BCUT2D eigenvalue weighted by Gasteiger charge is 2.00. The van der Waals surface area contributed by atoms with E-state index in [2.05, 4.69) is 19.1 Å². The molecule has 0 bridgehead atoms. The van der Waals surface area contributed by atoms with Crippen LogP contribution >= 0.6 is 11.8 Å². The van der Waals surface area contributed by atoms with E-state index in [9.17, 15) is 4.79 Å². The molecule has 1 aromatic rings. The maximum absolute atomic E-state index is 11.2. The molecule has 0 radical (unpaired) electrons. The summed E-state index contributed by atoms with van der Waals surface area (Å²) in [4.78, 5) is 12.5. The van der Waals surface area contributed by atoms with Gasteiger partial charge in [0.25, 0.3) is 0 Å². The van der Waals surface area contributed by atoms with E-state index in [1.165, 1.54) is 4.90 Å². The molecule has 15 heavy (non-hydrogen) atoms. The van der Waals surface area contributed by atoms with Crippen LogP contribution in [0.1, 0.15) is 32.6 Å². The van der Waals surface area contributed by atoms with Gasteiger partial charge < -0.3 is 0 Å². The van der Waals surface area contributed by atoms with Crippen molar-refractivity contribution in [3.8, 4) is 0 Å². The zero-order chi connectivity index (χ0) is 10.9. The van der Waals surface area contributed by atoms with Crippen molar-refractivity contribution in [2.24, 2.45) is 0 Å². The summed E-state index contributed by atoms with van der Waals surface area (Å²) in [5, 5.41) is 0. The summed E-state index contributed by atoms with van der Waals surface area (Å²) in [6.07, 6.45) is 3.47. The van der Waals surface area contributed by atoms with Crippen LogP contribution in [0.15, 0.2) is 35.2 Å². The second-order valence-electron chi connectivity index (χ2n) is 3.55. The highest BCUT2D eigenvalue weighted by Crippen LogP contribution is 2.18. The molecule has 1 rings (SSSR count). The minimum Gasteiger partial charge on any atom is -0.300 e. The van der Waals surface area contributed by atoms with Gasteiger partial charge in [-0.2, -0.15) is 0 Å². The number of Topliss-reactive ketones (excluding diaryl/α,β-unsaturated/α-hetero) is 1. The molecule has 0 aliphatic carbocycles. The van der Waals surface area contributed by atoms with Crippen LogP contribution in [0.2, 0.25) is 0 Å². The van der Waals surface area contributed by atoms with E-state index in [0.29, 0.717) is 5.78 Å². The topological polar surface area (TPSA) is 17.1 Å². The van der Waals surface area contributed by atoms with E-state index in [1.54, 1.807) is 0 Å². The first kappa shape index (κ1) is 12.3. The summed E-state index contributed by atoms with van der Waals surface area (Å²) in [6, 6.07) is 10.3. The van der Waals surface area contributed by atoms with Crippen molar-refractivity contribution in [3.63, 3.8) is 0 Å². The number of rotatable bonds is 7. The molecule has 0 spiro atoms. The van der Waals surface area contributed by atoms with Gasteiger partial charge in [-0.15, -0.1) is 11.8 Å². The molecule has 2 heteroatoms. The summed E-state index contributed by atoms with van der Waals surface area (Å²) in [7, 11) is 0. The average molecular weight is 222 g/mol. The summed E-state index contributed by atoms with van der Waals surface area (Å²) in [6.45, 7) is 2.05. The molecule has 0 aliphatic heterocycles. The minimum atomic E-state index is 0.408. The summed E-state index contributed by atoms with van der Waals surface area (Å²) in [5.41, 5.74) is 0. The molecule has 0 amide bonds. The predicted octanol–water partition coefficient (Wildman–Crippen LogP) is 3.93. The molecule has 0 saturated carbocycles. The van der Waals surface area contributed by atoms with Crippen molar-refractivity contribution >= 4 is 17.5 Å². The number of carbonyl (C=O) groups excluding carboxylic acids is 1. The largest absolute Gasteiger partial charge is 0.300 e. The standard InChI is InChI=1S/C13H18OS/c1-2-7-12(14)8-6-11-15-13-9-4-3-5-10-13/h3-5,9-10H,2,6-8,11H2,1H3. The Balaban J connectivity index is 2.10. The van der Waals surface area contributed by atoms with Crippen LogP contribution in [0.4, 0.5) is 0 Å². The van der Waals surface area contributed by atoms with Crippen molar-refractivity contribution in [2.75, 3.05) is 5.75 Å². The number of ketones is 1. The quantitative estimate of drug-likeness (QED) is 0.513. The Labute approximate surface area is 96.3 Å². The Hall–Kier alpha value is -0.760. The van der Waals surface area contributed by atoms with E-state index in [1.807, 2.05) is 30.0 Å². The van der Waals surface area contributed by atoms with Gasteiger partial charge >= 0.3 is 0 Å². The Morgan fingerprint density at radius 1 is 1.20 bits per heavy atom. The Bertz CT molecular complexity index is 282. The number of hydrogen-bond acceptors (Lipinski definition) is 2. The van der Waals surface area contributed by atoms with Crippen LogP contribution < -0.4 is 0 Å². The Kier molecular flexibility index (Phi) is 6.17. The molecular formula is C13H18OS. The van der Waals surface area contributed by atoms with Crippen molar-refractivity contribution in [1.29, 1.82) is 0 Å². The van der Waals surface area contributed by atoms with Crippen LogP contribution in [0.3, 0.4) is 0 Å². The molecule has 0 aromatic heterocycles. The molecule has 0 unspecified atom stereocenters. The molecule has 0 saturated heterocycles. The number of carbonyl (C=O) groups is 1. The lowest BCUT2D eigenvalue weighted by Crippen LogP contribution is -1.97. The highest BCUT2D eigenvalue weighted by atomic mass is 32.2. The van der Waals surface area contributed by atoms with Crippen molar-refractivity contribution < 1.29 is 4.79 Å². The van der Waals surface area contributed by atoms with E-state index in [4.69, 9.17) is 0 Å². The van der Waals surface area contributed by atoms with Gasteiger partial charge in [0.2, 0.25) is 0 Å². The molecule has 0 heterocycles. The number of hydrogen-bond donors (Lipinski definition) is 0. The second kappa shape index (κ2) is 7.52.